The first-order chi connectivity index (χ1) is 12.4. The fourth-order valence-electron chi connectivity index (χ4n) is 3.57. The fraction of sp³-hybridized carbons (Fsp3) is 0.632. The third kappa shape index (κ3) is 3.82. The lowest BCUT2D eigenvalue weighted by atomic mass is 10.1. The largest absolute Gasteiger partial charge is 0.497 e. The summed E-state index contributed by atoms with van der Waals surface area (Å²) in [5.74, 6) is 1.87. The Hall–Kier alpha value is -2.15. The third-order valence-electron chi connectivity index (χ3n) is 5.01. The Bertz CT molecular complexity index is 698. The predicted molar refractivity (Wildman–Crippen MR) is 103 cm³/mol. The second kappa shape index (κ2) is 7.61. The smallest absolute Gasteiger partial charge is 0.168 e. The van der Waals surface area contributed by atoms with Crippen molar-refractivity contribution in [2.75, 3.05) is 38.2 Å². The van der Waals surface area contributed by atoms with Crippen molar-refractivity contribution < 1.29 is 4.74 Å². The van der Waals surface area contributed by atoms with E-state index in [9.17, 15) is 0 Å². The normalized spacial score (nSPS) is 17.3. The molecule has 1 aromatic carbocycles. The van der Waals surface area contributed by atoms with Gasteiger partial charge in [0.1, 0.15) is 5.75 Å². The van der Waals surface area contributed by atoms with Crippen LogP contribution in [0.15, 0.2) is 24.3 Å². The molecular weight excluding hydrogens is 328 g/mol. The summed E-state index contributed by atoms with van der Waals surface area (Å²) < 4.78 is 7.22. The zero-order valence-electron chi connectivity index (χ0n) is 16.5. The summed E-state index contributed by atoms with van der Waals surface area (Å²) in [6.45, 7) is 12.6. The number of hydrogen-bond donors (Lipinski definition) is 0. The SMILES string of the molecule is CC[C@H](c1nnnn1C(C)(C)C)N1CCN(c2ccc(OC)cc2)CC1. The van der Waals surface area contributed by atoms with Gasteiger partial charge in [0.05, 0.1) is 18.7 Å². The summed E-state index contributed by atoms with van der Waals surface area (Å²) in [6.07, 6.45) is 0.999. The van der Waals surface area contributed by atoms with Crippen LogP contribution in [-0.2, 0) is 5.54 Å². The monoisotopic (exact) mass is 358 g/mol. The summed E-state index contributed by atoms with van der Waals surface area (Å²) >= 11 is 0. The molecule has 7 heteroatoms. The molecule has 1 aliphatic heterocycles. The quantitative estimate of drug-likeness (QED) is 0.819. The highest BCUT2D eigenvalue weighted by molar-refractivity contribution is 5.49. The number of piperazine rings is 1. The van der Waals surface area contributed by atoms with Crippen molar-refractivity contribution in [2.45, 2.75) is 45.7 Å². The number of ether oxygens (including phenoxy) is 1. The Labute approximate surface area is 155 Å². The van der Waals surface area contributed by atoms with E-state index in [2.05, 4.69) is 65.2 Å². The van der Waals surface area contributed by atoms with Crippen LogP contribution in [0.1, 0.15) is 46.0 Å². The lowest BCUT2D eigenvalue weighted by molar-refractivity contribution is 0.161. The van der Waals surface area contributed by atoms with E-state index in [0.717, 1.165) is 44.2 Å². The Morgan fingerprint density at radius 1 is 1.08 bits per heavy atom. The van der Waals surface area contributed by atoms with Crippen molar-refractivity contribution in [1.29, 1.82) is 0 Å². The summed E-state index contributed by atoms with van der Waals surface area (Å²) in [6, 6.07) is 8.56. The molecule has 0 radical (unpaired) electrons. The first kappa shape index (κ1) is 18.6. The number of aromatic nitrogens is 4. The van der Waals surface area contributed by atoms with Crippen LogP contribution >= 0.6 is 0 Å². The lowest BCUT2D eigenvalue weighted by Gasteiger charge is -2.40. The van der Waals surface area contributed by atoms with Crippen LogP contribution in [0.25, 0.3) is 0 Å². The van der Waals surface area contributed by atoms with E-state index >= 15 is 0 Å². The number of anilines is 1. The maximum atomic E-state index is 5.25. The molecule has 1 aliphatic rings. The Kier molecular flexibility index (Phi) is 5.46. The Balaban J connectivity index is 1.69. The number of nitrogens with zero attached hydrogens (tertiary/aromatic N) is 6. The van der Waals surface area contributed by atoms with Crippen molar-refractivity contribution >= 4 is 5.69 Å². The minimum absolute atomic E-state index is 0.114. The van der Waals surface area contributed by atoms with Gasteiger partial charge < -0.3 is 9.64 Å². The van der Waals surface area contributed by atoms with E-state index in [-0.39, 0.29) is 11.6 Å². The zero-order valence-corrected chi connectivity index (χ0v) is 16.5. The first-order valence-corrected chi connectivity index (χ1v) is 9.36. The van der Waals surface area contributed by atoms with Gasteiger partial charge in [-0.1, -0.05) is 6.92 Å². The number of hydrogen-bond acceptors (Lipinski definition) is 6. The van der Waals surface area contributed by atoms with Gasteiger partial charge in [-0.3, -0.25) is 4.90 Å². The minimum atomic E-state index is -0.114. The van der Waals surface area contributed by atoms with Crippen molar-refractivity contribution in [3.05, 3.63) is 30.1 Å². The van der Waals surface area contributed by atoms with Gasteiger partial charge in [-0.15, -0.1) is 5.10 Å². The molecule has 1 saturated heterocycles. The van der Waals surface area contributed by atoms with Crippen LogP contribution in [0.2, 0.25) is 0 Å². The molecule has 2 aromatic rings. The number of rotatable bonds is 5. The molecule has 0 unspecified atom stereocenters. The molecule has 1 fully saturated rings. The first-order valence-electron chi connectivity index (χ1n) is 9.36. The van der Waals surface area contributed by atoms with Crippen LogP contribution < -0.4 is 9.64 Å². The molecule has 0 saturated carbocycles. The molecule has 1 atom stereocenters. The summed E-state index contributed by atoms with van der Waals surface area (Å²) in [7, 11) is 1.70. The molecule has 0 bridgehead atoms. The molecule has 0 amide bonds. The molecule has 0 spiro atoms. The molecule has 0 aliphatic carbocycles. The van der Waals surface area contributed by atoms with Gasteiger partial charge in [-0.05, 0) is 61.9 Å². The van der Waals surface area contributed by atoms with Crippen molar-refractivity contribution in [3.63, 3.8) is 0 Å². The average Bonchev–Trinajstić information content (AvgIpc) is 3.13. The zero-order chi connectivity index (χ0) is 18.7. The van der Waals surface area contributed by atoms with Crippen LogP contribution in [0.3, 0.4) is 0 Å². The second-order valence-electron chi connectivity index (χ2n) is 7.76. The Morgan fingerprint density at radius 2 is 1.73 bits per heavy atom. The van der Waals surface area contributed by atoms with Crippen LogP contribution in [0, 0.1) is 0 Å². The standard InChI is InChI=1S/C19H30N6O/c1-6-17(18-20-21-22-25(18)19(2,3)4)24-13-11-23(12-14-24)15-7-9-16(26-5)10-8-15/h7-10,17H,6,11-14H2,1-5H3/t17-/m1/s1. The highest BCUT2D eigenvalue weighted by Gasteiger charge is 2.30. The third-order valence-corrected chi connectivity index (χ3v) is 5.01. The molecule has 142 valence electrons. The highest BCUT2D eigenvalue weighted by atomic mass is 16.5. The summed E-state index contributed by atoms with van der Waals surface area (Å²) in [5.41, 5.74) is 1.13. The maximum absolute atomic E-state index is 5.25. The van der Waals surface area contributed by atoms with E-state index in [0.29, 0.717) is 0 Å². The van der Waals surface area contributed by atoms with Crippen LogP contribution in [-0.4, -0.2) is 58.4 Å². The number of methoxy groups -OCH3 is 1. The second-order valence-corrected chi connectivity index (χ2v) is 7.76. The molecule has 0 N–H and O–H groups in total. The topological polar surface area (TPSA) is 59.3 Å². The van der Waals surface area contributed by atoms with Gasteiger partial charge in [0, 0.05) is 31.9 Å². The van der Waals surface area contributed by atoms with Gasteiger partial charge in [0.15, 0.2) is 5.82 Å². The van der Waals surface area contributed by atoms with Gasteiger partial charge in [0.2, 0.25) is 0 Å². The maximum Gasteiger partial charge on any atom is 0.168 e. The van der Waals surface area contributed by atoms with E-state index < -0.39 is 0 Å². The Morgan fingerprint density at radius 3 is 2.27 bits per heavy atom. The lowest BCUT2D eigenvalue weighted by Crippen LogP contribution is -2.48. The summed E-state index contributed by atoms with van der Waals surface area (Å²) in [5, 5.41) is 12.5. The fourth-order valence-corrected chi connectivity index (χ4v) is 3.57. The van der Waals surface area contributed by atoms with Gasteiger partial charge >= 0.3 is 0 Å². The van der Waals surface area contributed by atoms with E-state index in [1.807, 2.05) is 16.8 Å². The predicted octanol–water partition coefficient (Wildman–Crippen LogP) is 2.71. The molecule has 2 heterocycles. The average molecular weight is 358 g/mol. The van der Waals surface area contributed by atoms with Gasteiger partial charge in [0.25, 0.3) is 0 Å². The van der Waals surface area contributed by atoms with E-state index in [4.69, 9.17) is 4.74 Å². The molecular formula is C19H30N6O. The van der Waals surface area contributed by atoms with Crippen molar-refractivity contribution in [1.82, 2.24) is 25.1 Å². The van der Waals surface area contributed by atoms with Crippen molar-refractivity contribution in [2.24, 2.45) is 0 Å². The summed E-state index contributed by atoms with van der Waals surface area (Å²) in [4.78, 5) is 4.93. The van der Waals surface area contributed by atoms with E-state index in [1.165, 1.54) is 5.69 Å². The van der Waals surface area contributed by atoms with Gasteiger partial charge in [-0.2, -0.15) is 0 Å². The van der Waals surface area contributed by atoms with Crippen molar-refractivity contribution in [3.8, 4) is 5.75 Å². The minimum Gasteiger partial charge on any atom is -0.497 e. The number of tetrazole rings is 1. The molecule has 1 aromatic heterocycles. The molecule has 7 nitrogen and oxygen atoms in total. The van der Waals surface area contributed by atoms with Gasteiger partial charge in [-0.25, -0.2) is 4.68 Å². The molecule has 3 rings (SSSR count). The number of benzene rings is 1. The highest BCUT2D eigenvalue weighted by Crippen LogP contribution is 2.28. The van der Waals surface area contributed by atoms with Crippen LogP contribution in [0.5, 0.6) is 5.75 Å². The van der Waals surface area contributed by atoms with E-state index in [1.54, 1.807) is 7.11 Å². The van der Waals surface area contributed by atoms with Crippen LogP contribution in [0.4, 0.5) is 5.69 Å². The molecule has 26 heavy (non-hydrogen) atoms.